The Hall–Kier alpha value is -3.71. The van der Waals surface area contributed by atoms with Crippen molar-refractivity contribution in [1.82, 2.24) is 4.90 Å². The van der Waals surface area contributed by atoms with Crippen LogP contribution in [-0.2, 0) is 22.7 Å². The van der Waals surface area contributed by atoms with Crippen LogP contribution in [0.2, 0.25) is 0 Å². The Labute approximate surface area is 210 Å². The monoisotopic (exact) mass is 491 g/mol. The lowest BCUT2D eigenvalue weighted by Gasteiger charge is -2.31. The van der Waals surface area contributed by atoms with Gasteiger partial charge in [-0.1, -0.05) is 36.4 Å². The summed E-state index contributed by atoms with van der Waals surface area (Å²) in [6.45, 7) is 5.47. The Bertz CT molecular complexity index is 1240. The minimum atomic E-state index is -1.28. The Morgan fingerprint density at radius 1 is 1.06 bits per heavy atom. The first-order valence-corrected chi connectivity index (χ1v) is 11.8. The van der Waals surface area contributed by atoms with Gasteiger partial charge in [-0.2, -0.15) is 0 Å². The van der Waals surface area contributed by atoms with Crippen LogP contribution >= 0.6 is 0 Å². The van der Waals surface area contributed by atoms with E-state index in [1.54, 1.807) is 37.5 Å². The fourth-order valence-corrected chi connectivity index (χ4v) is 4.54. The molecule has 7 heteroatoms. The van der Waals surface area contributed by atoms with Gasteiger partial charge in [0, 0.05) is 29.3 Å². The molecule has 0 bridgehead atoms. The summed E-state index contributed by atoms with van der Waals surface area (Å²) in [5.74, 6) is -1.15. The molecule has 2 aliphatic rings. The summed E-state index contributed by atoms with van der Waals surface area (Å²) in [5, 5.41) is 9.22. The van der Waals surface area contributed by atoms with E-state index in [4.69, 9.17) is 9.47 Å². The van der Waals surface area contributed by atoms with Crippen molar-refractivity contribution in [2.75, 3.05) is 7.11 Å². The normalized spacial score (nSPS) is 19.2. The highest BCUT2D eigenvalue weighted by Crippen LogP contribution is 2.43. The standard InChI is InChI=1S/C29H30FNO5/c1-18-25(27(32)21-12-14-22(35-4)15-13-21)23-6-5-7-24(30)26(23)31(18)16-19-8-10-20(11-9-19)17-36-29(2,3)28(33)34/h5-15,23,26H,16-17H2,1-4H3,(H,33,34). The fourth-order valence-electron chi connectivity index (χ4n) is 4.54. The first-order valence-electron chi connectivity index (χ1n) is 11.8. The number of allylic oxidation sites excluding steroid dienone is 3. The van der Waals surface area contributed by atoms with Crippen LogP contribution in [0.15, 0.2) is 83.9 Å². The van der Waals surface area contributed by atoms with Gasteiger partial charge in [0.25, 0.3) is 0 Å². The number of carboxylic acids is 1. The van der Waals surface area contributed by atoms with Crippen LogP contribution in [0.5, 0.6) is 5.75 Å². The van der Waals surface area contributed by atoms with Crippen LogP contribution in [0.25, 0.3) is 0 Å². The van der Waals surface area contributed by atoms with Crippen LogP contribution < -0.4 is 4.74 Å². The topological polar surface area (TPSA) is 76.1 Å². The molecular weight excluding hydrogens is 461 g/mol. The number of Topliss-reactive ketones (excluding diaryl/α,β-unsaturated/α-hetero) is 1. The van der Waals surface area contributed by atoms with Crippen molar-refractivity contribution in [3.8, 4) is 5.75 Å². The molecule has 2 atom stereocenters. The number of ether oxygens (including phenoxy) is 2. The number of rotatable bonds is 9. The zero-order valence-electron chi connectivity index (χ0n) is 20.8. The molecule has 1 aliphatic carbocycles. The molecule has 1 N–H and O–H groups in total. The second kappa shape index (κ2) is 10.1. The van der Waals surface area contributed by atoms with E-state index >= 15 is 4.39 Å². The first-order chi connectivity index (χ1) is 17.1. The highest BCUT2D eigenvalue weighted by atomic mass is 19.1. The molecule has 0 radical (unpaired) electrons. The highest BCUT2D eigenvalue weighted by Gasteiger charge is 2.43. The van der Waals surface area contributed by atoms with Crippen LogP contribution in [0.3, 0.4) is 0 Å². The Kier molecular flexibility index (Phi) is 7.13. The number of hydrogen-bond donors (Lipinski definition) is 1. The lowest BCUT2D eigenvalue weighted by molar-refractivity contribution is -0.162. The van der Waals surface area contributed by atoms with Crippen LogP contribution in [0.1, 0.15) is 42.3 Å². The lowest BCUT2D eigenvalue weighted by Crippen LogP contribution is -2.35. The van der Waals surface area contributed by atoms with Crippen LogP contribution in [-0.4, -0.2) is 40.5 Å². The SMILES string of the molecule is COc1ccc(C(=O)C2=C(C)N(Cc3ccc(COC(C)(C)C(=O)O)cc3)C3C(F)=CC=CC23)cc1. The van der Waals surface area contributed by atoms with Gasteiger partial charge in [0.1, 0.15) is 11.6 Å². The molecule has 0 fully saturated rings. The fraction of sp³-hybridized carbons (Fsp3) is 0.310. The average Bonchev–Trinajstić information content (AvgIpc) is 3.15. The number of fused-ring (bicyclic) bond motifs is 1. The van der Waals surface area contributed by atoms with Crippen molar-refractivity contribution in [3.05, 3.63) is 101 Å². The van der Waals surface area contributed by atoms with Gasteiger partial charge < -0.3 is 19.5 Å². The predicted octanol–water partition coefficient (Wildman–Crippen LogP) is 5.46. The summed E-state index contributed by atoms with van der Waals surface area (Å²) in [4.78, 5) is 26.7. The summed E-state index contributed by atoms with van der Waals surface area (Å²) in [5.41, 5.74) is 2.36. The summed E-state index contributed by atoms with van der Waals surface area (Å²) >= 11 is 0. The van der Waals surface area contributed by atoms with Gasteiger partial charge >= 0.3 is 5.97 Å². The van der Waals surface area contributed by atoms with Crippen molar-refractivity contribution in [1.29, 1.82) is 0 Å². The number of ketones is 1. The second-order valence-electron chi connectivity index (χ2n) is 9.51. The summed E-state index contributed by atoms with van der Waals surface area (Å²) in [6.07, 6.45) is 5.01. The van der Waals surface area contributed by atoms with Gasteiger partial charge in [-0.05, 0) is 62.2 Å². The average molecular weight is 492 g/mol. The molecule has 1 heterocycles. The number of carboxylic acid groups (broad SMARTS) is 1. The number of carbonyl (C=O) groups is 2. The zero-order chi connectivity index (χ0) is 26.0. The smallest absolute Gasteiger partial charge is 0.335 e. The van der Waals surface area contributed by atoms with E-state index in [-0.39, 0.29) is 24.1 Å². The third-order valence-electron chi connectivity index (χ3n) is 6.77. The maximum absolute atomic E-state index is 15.1. The summed E-state index contributed by atoms with van der Waals surface area (Å²) in [6, 6.07) is 13.9. The van der Waals surface area contributed by atoms with Gasteiger partial charge in [0.2, 0.25) is 0 Å². The van der Waals surface area contributed by atoms with E-state index in [1.165, 1.54) is 19.9 Å². The molecule has 188 valence electrons. The number of benzene rings is 2. The van der Waals surface area contributed by atoms with Crippen molar-refractivity contribution in [2.45, 2.75) is 45.6 Å². The molecule has 1 aliphatic heterocycles. The molecule has 0 spiro atoms. The van der Waals surface area contributed by atoms with Crippen LogP contribution in [0.4, 0.5) is 4.39 Å². The Morgan fingerprint density at radius 3 is 2.31 bits per heavy atom. The van der Waals surface area contributed by atoms with Crippen molar-refractivity contribution in [2.24, 2.45) is 5.92 Å². The molecule has 0 saturated heterocycles. The van der Waals surface area contributed by atoms with Crippen molar-refractivity contribution < 1.29 is 28.6 Å². The van der Waals surface area contributed by atoms with Gasteiger partial charge in [-0.25, -0.2) is 9.18 Å². The second-order valence-corrected chi connectivity index (χ2v) is 9.51. The number of hydrogen-bond acceptors (Lipinski definition) is 5. The molecule has 0 saturated carbocycles. The molecule has 4 rings (SSSR count). The predicted molar refractivity (Wildman–Crippen MR) is 134 cm³/mol. The molecule has 2 aromatic carbocycles. The van der Waals surface area contributed by atoms with E-state index in [1.807, 2.05) is 42.2 Å². The quantitative estimate of drug-likeness (QED) is 0.470. The minimum absolute atomic E-state index is 0.124. The molecule has 0 amide bonds. The van der Waals surface area contributed by atoms with E-state index < -0.39 is 17.6 Å². The van der Waals surface area contributed by atoms with E-state index in [0.29, 0.717) is 23.4 Å². The minimum Gasteiger partial charge on any atom is -0.497 e. The van der Waals surface area contributed by atoms with Crippen LogP contribution in [0, 0.1) is 5.92 Å². The molecule has 2 unspecified atom stereocenters. The zero-order valence-corrected chi connectivity index (χ0v) is 20.8. The third-order valence-corrected chi connectivity index (χ3v) is 6.77. The highest BCUT2D eigenvalue weighted by molar-refractivity contribution is 6.10. The molecule has 0 aromatic heterocycles. The number of halogens is 1. The largest absolute Gasteiger partial charge is 0.497 e. The van der Waals surface area contributed by atoms with Gasteiger partial charge in [0.15, 0.2) is 11.4 Å². The number of nitrogens with zero attached hydrogens (tertiary/aromatic N) is 1. The molecule has 2 aromatic rings. The Morgan fingerprint density at radius 2 is 1.69 bits per heavy atom. The van der Waals surface area contributed by atoms with Gasteiger partial charge in [-0.3, -0.25) is 4.79 Å². The Balaban J connectivity index is 1.56. The molecule has 36 heavy (non-hydrogen) atoms. The number of aliphatic carboxylic acids is 1. The number of carbonyl (C=O) groups excluding carboxylic acids is 1. The van der Waals surface area contributed by atoms with E-state index in [2.05, 4.69) is 0 Å². The van der Waals surface area contributed by atoms with Gasteiger partial charge in [-0.15, -0.1) is 0 Å². The first kappa shape index (κ1) is 25.4. The number of methoxy groups -OCH3 is 1. The maximum Gasteiger partial charge on any atom is 0.335 e. The maximum atomic E-state index is 15.1. The third kappa shape index (κ3) is 4.97. The van der Waals surface area contributed by atoms with Crippen molar-refractivity contribution in [3.63, 3.8) is 0 Å². The molecular formula is C29H30FNO5. The van der Waals surface area contributed by atoms with Crippen molar-refractivity contribution >= 4 is 11.8 Å². The van der Waals surface area contributed by atoms with E-state index in [0.717, 1.165) is 16.8 Å². The van der Waals surface area contributed by atoms with E-state index in [9.17, 15) is 14.7 Å². The lowest BCUT2D eigenvalue weighted by atomic mass is 9.85. The molecule has 6 nitrogen and oxygen atoms in total. The summed E-state index contributed by atoms with van der Waals surface area (Å²) in [7, 11) is 1.57. The summed E-state index contributed by atoms with van der Waals surface area (Å²) < 4.78 is 25.8. The van der Waals surface area contributed by atoms with Gasteiger partial charge in [0.05, 0.1) is 19.8 Å².